The second-order valence-corrected chi connectivity index (χ2v) is 4.06. The molecule has 0 saturated carbocycles. The Labute approximate surface area is 97.2 Å². The maximum atomic E-state index is 5.64. The molecule has 0 saturated heterocycles. The van der Waals surface area contributed by atoms with Gasteiger partial charge >= 0.3 is 0 Å². The first-order valence-electron chi connectivity index (χ1n) is 5.96. The van der Waals surface area contributed by atoms with Crippen LogP contribution in [0.4, 0.5) is 5.82 Å². The number of unbranched alkanes of at least 4 members (excludes halogenated alkanes) is 3. The summed E-state index contributed by atoms with van der Waals surface area (Å²) in [6.45, 7) is 4.27. The lowest BCUT2D eigenvalue weighted by atomic mass is 10.1. The van der Waals surface area contributed by atoms with Gasteiger partial charge in [-0.05, 0) is 19.8 Å². The van der Waals surface area contributed by atoms with E-state index in [2.05, 4.69) is 23.8 Å². The minimum atomic E-state index is 0.186. The summed E-state index contributed by atoms with van der Waals surface area (Å²) in [5.41, 5.74) is 5.54. The number of nitrogens with zero attached hydrogens (tertiary/aromatic N) is 2. The van der Waals surface area contributed by atoms with Crippen molar-refractivity contribution in [3.05, 3.63) is 12.4 Å². The topological polar surface area (TPSA) is 61.0 Å². The largest absolute Gasteiger partial charge is 0.475 e. The van der Waals surface area contributed by atoms with Crippen molar-refractivity contribution in [2.45, 2.75) is 52.1 Å². The van der Waals surface area contributed by atoms with Crippen LogP contribution in [0.2, 0.25) is 0 Å². The highest BCUT2D eigenvalue weighted by molar-refractivity contribution is 5.30. The van der Waals surface area contributed by atoms with E-state index in [0.29, 0.717) is 11.7 Å². The van der Waals surface area contributed by atoms with E-state index in [1.165, 1.54) is 32.0 Å². The van der Waals surface area contributed by atoms with E-state index in [-0.39, 0.29) is 6.10 Å². The molecule has 16 heavy (non-hydrogen) atoms. The van der Waals surface area contributed by atoms with Crippen molar-refractivity contribution in [3.8, 4) is 5.88 Å². The van der Waals surface area contributed by atoms with Crippen molar-refractivity contribution in [2.24, 2.45) is 0 Å². The summed E-state index contributed by atoms with van der Waals surface area (Å²) in [6, 6.07) is 1.66. The average molecular weight is 223 g/mol. The Balaban J connectivity index is 2.25. The van der Waals surface area contributed by atoms with Crippen molar-refractivity contribution in [3.63, 3.8) is 0 Å². The van der Waals surface area contributed by atoms with E-state index in [1.807, 2.05) is 0 Å². The maximum absolute atomic E-state index is 5.64. The molecule has 90 valence electrons. The third-order valence-corrected chi connectivity index (χ3v) is 2.45. The Morgan fingerprint density at radius 2 is 2.12 bits per heavy atom. The fraction of sp³-hybridized carbons (Fsp3) is 0.667. The molecule has 0 aliphatic heterocycles. The number of rotatable bonds is 7. The van der Waals surface area contributed by atoms with Crippen molar-refractivity contribution in [2.75, 3.05) is 5.73 Å². The number of hydrogen-bond donors (Lipinski definition) is 1. The van der Waals surface area contributed by atoms with Gasteiger partial charge in [0.25, 0.3) is 0 Å². The molecular formula is C12H21N3O. The SMILES string of the molecule is CCCCCCC(C)Oc1cc(N)ncn1. The highest BCUT2D eigenvalue weighted by atomic mass is 16.5. The molecule has 1 aromatic heterocycles. The number of nitrogens with two attached hydrogens (primary N) is 1. The third-order valence-electron chi connectivity index (χ3n) is 2.45. The minimum absolute atomic E-state index is 0.186. The lowest BCUT2D eigenvalue weighted by Gasteiger charge is -2.13. The molecule has 1 unspecified atom stereocenters. The van der Waals surface area contributed by atoms with Crippen LogP contribution in [0.5, 0.6) is 5.88 Å². The van der Waals surface area contributed by atoms with E-state index in [4.69, 9.17) is 10.5 Å². The Morgan fingerprint density at radius 1 is 1.31 bits per heavy atom. The molecule has 0 bridgehead atoms. The summed E-state index contributed by atoms with van der Waals surface area (Å²) in [5.74, 6) is 1.01. The smallest absolute Gasteiger partial charge is 0.218 e. The summed E-state index contributed by atoms with van der Waals surface area (Å²) in [6.07, 6.45) is 7.71. The van der Waals surface area contributed by atoms with Crippen LogP contribution in [0.25, 0.3) is 0 Å². The van der Waals surface area contributed by atoms with E-state index in [9.17, 15) is 0 Å². The number of hydrogen-bond acceptors (Lipinski definition) is 4. The van der Waals surface area contributed by atoms with Gasteiger partial charge < -0.3 is 10.5 Å². The molecule has 1 rings (SSSR count). The van der Waals surface area contributed by atoms with Crippen LogP contribution in [-0.2, 0) is 0 Å². The van der Waals surface area contributed by atoms with Gasteiger partial charge in [-0.3, -0.25) is 0 Å². The van der Waals surface area contributed by atoms with E-state index >= 15 is 0 Å². The molecule has 0 radical (unpaired) electrons. The van der Waals surface area contributed by atoms with Gasteiger partial charge in [0.05, 0.1) is 6.10 Å². The third kappa shape index (κ3) is 4.96. The molecule has 1 heterocycles. The molecule has 0 fully saturated rings. The fourth-order valence-electron chi connectivity index (χ4n) is 1.54. The first kappa shape index (κ1) is 12.7. The monoisotopic (exact) mass is 223 g/mol. The first-order chi connectivity index (χ1) is 7.72. The predicted octanol–water partition coefficient (Wildman–Crippen LogP) is 2.80. The second kappa shape index (κ2) is 7.04. The van der Waals surface area contributed by atoms with Crippen LogP contribution >= 0.6 is 0 Å². The molecule has 1 atom stereocenters. The second-order valence-electron chi connectivity index (χ2n) is 4.06. The van der Waals surface area contributed by atoms with Gasteiger partial charge in [0.15, 0.2) is 0 Å². The Kier molecular flexibility index (Phi) is 5.61. The molecule has 4 heteroatoms. The van der Waals surface area contributed by atoms with E-state index < -0.39 is 0 Å². The lowest BCUT2D eigenvalue weighted by Crippen LogP contribution is -2.12. The summed E-state index contributed by atoms with van der Waals surface area (Å²) in [5, 5.41) is 0. The Hall–Kier alpha value is -1.32. The van der Waals surface area contributed by atoms with Crippen molar-refractivity contribution in [1.82, 2.24) is 9.97 Å². The fourth-order valence-corrected chi connectivity index (χ4v) is 1.54. The summed E-state index contributed by atoms with van der Waals surface area (Å²) in [4.78, 5) is 7.83. The molecule has 0 aliphatic carbocycles. The van der Waals surface area contributed by atoms with Crippen LogP contribution in [0.15, 0.2) is 12.4 Å². The highest BCUT2D eigenvalue weighted by Crippen LogP contribution is 2.13. The Bertz CT molecular complexity index is 304. The molecule has 2 N–H and O–H groups in total. The van der Waals surface area contributed by atoms with Crippen LogP contribution < -0.4 is 10.5 Å². The zero-order valence-corrected chi connectivity index (χ0v) is 10.1. The van der Waals surface area contributed by atoms with Crippen molar-refractivity contribution in [1.29, 1.82) is 0 Å². The van der Waals surface area contributed by atoms with Crippen LogP contribution in [0.3, 0.4) is 0 Å². The summed E-state index contributed by atoms with van der Waals surface area (Å²) >= 11 is 0. The summed E-state index contributed by atoms with van der Waals surface area (Å²) in [7, 11) is 0. The highest BCUT2D eigenvalue weighted by Gasteiger charge is 2.05. The molecule has 0 aromatic carbocycles. The number of ether oxygens (including phenoxy) is 1. The normalized spacial score (nSPS) is 12.4. The van der Waals surface area contributed by atoms with Crippen LogP contribution in [0, 0.1) is 0 Å². The zero-order valence-electron chi connectivity index (χ0n) is 10.1. The molecule has 1 aromatic rings. The molecule has 4 nitrogen and oxygen atoms in total. The van der Waals surface area contributed by atoms with Crippen molar-refractivity contribution < 1.29 is 4.74 Å². The lowest BCUT2D eigenvalue weighted by molar-refractivity contribution is 0.198. The van der Waals surface area contributed by atoms with Crippen LogP contribution in [0.1, 0.15) is 46.0 Å². The average Bonchev–Trinajstić information content (AvgIpc) is 2.24. The molecular weight excluding hydrogens is 202 g/mol. The van der Waals surface area contributed by atoms with Gasteiger partial charge in [0.2, 0.25) is 5.88 Å². The first-order valence-corrected chi connectivity index (χ1v) is 5.96. The van der Waals surface area contributed by atoms with Gasteiger partial charge in [-0.25, -0.2) is 9.97 Å². The number of aromatic nitrogens is 2. The van der Waals surface area contributed by atoms with Gasteiger partial charge in [0.1, 0.15) is 12.1 Å². The van der Waals surface area contributed by atoms with E-state index in [0.717, 1.165) is 6.42 Å². The number of anilines is 1. The summed E-state index contributed by atoms with van der Waals surface area (Å²) < 4.78 is 5.64. The Morgan fingerprint density at radius 3 is 2.81 bits per heavy atom. The van der Waals surface area contributed by atoms with Gasteiger partial charge in [-0.15, -0.1) is 0 Å². The van der Waals surface area contributed by atoms with Crippen LogP contribution in [-0.4, -0.2) is 16.1 Å². The quantitative estimate of drug-likeness (QED) is 0.722. The molecule has 0 spiro atoms. The number of nitrogen functional groups attached to an aromatic ring is 1. The van der Waals surface area contributed by atoms with Gasteiger partial charge in [-0.2, -0.15) is 0 Å². The standard InChI is InChI=1S/C12H21N3O/c1-3-4-5-6-7-10(2)16-12-8-11(13)14-9-15-12/h8-10H,3-7H2,1-2H3,(H2,13,14,15). The zero-order chi connectivity index (χ0) is 11.8. The van der Waals surface area contributed by atoms with Gasteiger partial charge in [-0.1, -0.05) is 26.2 Å². The molecule has 0 aliphatic rings. The van der Waals surface area contributed by atoms with Gasteiger partial charge in [0, 0.05) is 6.07 Å². The minimum Gasteiger partial charge on any atom is -0.475 e. The maximum Gasteiger partial charge on any atom is 0.218 e. The molecule has 0 amide bonds. The van der Waals surface area contributed by atoms with Crippen molar-refractivity contribution >= 4 is 5.82 Å². The predicted molar refractivity (Wildman–Crippen MR) is 65.3 cm³/mol. The van der Waals surface area contributed by atoms with E-state index in [1.54, 1.807) is 6.07 Å².